The van der Waals surface area contributed by atoms with Gasteiger partial charge in [-0.1, -0.05) is 42.5 Å². The van der Waals surface area contributed by atoms with Gasteiger partial charge in [-0.3, -0.25) is 0 Å². The first kappa shape index (κ1) is 7.56. The van der Waals surface area contributed by atoms with Crippen molar-refractivity contribution in [3.05, 3.63) is 48.0 Å². The summed E-state index contributed by atoms with van der Waals surface area (Å²) in [5.41, 5.74) is 1.21. The van der Waals surface area contributed by atoms with E-state index in [9.17, 15) is 5.11 Å². The Morgan fingerprint density at radius 2 is 1.92 bits per heavy atom. The predicted octanol–water partition coefficient (Wildman–Crippen LogP) is 2.09. The molecule has 0 spiro atoms. The number of hydrogen-bond acceptors (Lipinski definition) is 1. The Labute approximate surface area is 72.4 Å². The molecule has 0 aromatic heterocycles. The van der Waals surface area contributed by atoms with Crippen molar-refractivity contribution >= 4 is 0 Å². The van der Waals surface area contributed by atoms with Crippen LogP contribution in [-0.4, -0.2) is 11.2 Å². The van der Waals surface area contributed by atoms with Gasteiger partial charge in [-0.15, -0.1) is 0 Å². The van der Waals surface area contributed by atoms with Gasteiger partial charge in [0.15, 0.2) is 0 Å². The highest BCUT2D eigenvalue weighted by atomic mass is 16.3. The maximum absolute atomic E-state index is 9.58. The van der Waals surface area contributed by atoms with E-state index in [-0.39, 0.29) is 12.0 Å². The fourth-order valence-corrected chi connectivity index (χ4v) is 1.65. The second kappa shape index (κ2) is 3.11. The second-order valence-corrected chi connectivity index (χ2v) is 3.17. The number of benzene rings is 1. The third-order valence-electron chi connectivity index (χ3n) is 2.32. The molecule has 1 aliphatic carbocycles. The van der Waals surface area contributed by atoms with Crippen LogP contribution in [0.5, 0.6) is 0 Å². The summed E-state index contributed by atoms with van der Waals surface area (Å²) in [6, 6.07) is 10.1. The summed E-state index contributed by atoms with van der Waals surface area (Å²) >= 11 is 0. The van der Waals surface area contributed by atoms with E-state index in [4.69, 9.17) is 0 Å². The molecule has 0 saturated heterocycles. The summed E-state index contributed by atoms with van der Waals surface area (Å²) in [5.74, 6) is 0.214. The van der Waals surface area contributed by atoms with Crippen molar-refractivity contribution < 1.29 is 5.11 Å². The van der Waals surface area contributed by atoms with Gasteiger partial charge in [0.05, 0.1) is 6.10 Å². The minimum absolute atomic E-state index is 0.214. The van der Waals surface area contributed by atoms with Crippen LogP contribution >= 0.6 is 0 Å². The van der Waals surface area contributed by atoms with Crippen LogP contribution in [-0.2, 0) is 0 Å². The van der Waals surface area contributed by atoms with Gasteiger partial charge in [0.1, 0.15) is 0 Å². The van der Waals surface area contributed by atoms with Crippen LogP contribution in [0.1, 0.15) is 17.9 Å². The first-order chi connectivity index (χ1) is 5.88. The third kappa shape index (κ3) is 1.28. The average Bonchev–Trinajstić information content (AvgIpc) is 2.53. The third-order valence-corrected chi connectivity index (χ3v) is 2.32. The second-order valence-electron chi connectivity index (χ2n) is 3.17. The van der Waals surface area contributed by atoms with Gasteiger partial charge < -0.3 is 5.11 Å². The topological polar surface area (TPSA) is 20.2 Å². The minimum atomic E-state index is -0.215. The highest BCUT2D eigenvalue weighted by Crippen LogP contribution is 2.28. The lowest BCUT2D eigenvalue weighted by Crippen LogP contribution is -2.10. The molecule has 1 aromatic carbocycles. The van der Waals surface area contributed by atoms with Gasteiger partial charge in [-0.05, 0) is 12.0 Å². The average molecular weight is 160 g/mol. The van der Waals surface area contributed by atoms with Crippen LogP contribution in [0.4, 0.5) is 0 Å². The number of hydrogen-bond donors (Lipinski definition) is 1. The van der Waals surface area contributed by atoms with Crippen LogP contribution in [0.3, 0.4) is 0 Å². The molecule has 62 valence electrons. The molecule has 0 radical (unpaired) electrons. The summed E-state index contributed by atoms with van der Waals surface area (Å²) in [6.07, 6.45) is 4.70. The molecule has 1 nitrogen and oxygen atoms in total. The summed E-state index contributed by atoms with van der Waals surface area (Å²) < 4.78 is 0. The highest BCUT2D eigenvalue weighted by molar-refractivity contribution is 5.27. The summed E-state index contributed by atoms with van der Waals surface area (Å²) in [5, 5.41) is 9.58. The predicted molar refractivity (Wildman–Crippen MR) is 48.9 cm³/mol. The van der Waals surface area contributed by atoms with Crippen molar-refractivity contribution in [1.29, 1.82) is 0 Å². The molecule has 12 heavy (non-hydrogen) atoms. The Hall–Kier alpha value is -1.08. The van der Waals surface area contributed by atoms with E-state index in [1.54, 1.807) is 0 Å². The quantitative estimate of drug-likeness (QED) is 0.624. The molecule has 0 unspecified atom stereocenters. The van der Waals surface area contributed by atoms with Gasteiger partial charge in [0.2, 0.25) is 0 Å². The Bertz CT molecular complexity index is 276. The maximum atomic E-state index is 9.58. The lowest BCUT2D eigenvalue weighted by molar-refractivity contribution is 0.171. The van der Waals surface area contributed by atoms with E-state index in [1.165, 1.54) is 5.56 Å². The molecule has 1 aliphatic rings. The SMILES string of the molecule is O[C@@H]1CC=C[C@H]1c1ccccc1. The van der Waals surface area contributed by atoms with Crippen molar-refractivity contribution in [1.82, 2.24) is 0 Å². The lowest BCUT2D eigenvalue weighted by atomic mass is 9.97. The van der Waals surface area contributed by atoms with Crippen LogP contribution < -0.4 is 0 Å². The molecule has 0 amide bonds. The Kier molecular flexibility index (Phi) is 1.96. The van der Waals surface area contributed by atoms with Gasteiger partial charge in [-0.25, -0.2) is 0 Å². The minimum Gasteiger partial charge on any atom is -0.392 e. The van der Waals surface area contributed by atoms with Crippen LogP contribution in [0, 0.1) is 0 Å². The maximum Gasteiger partial charge on any atom is 0.0677 e. The molecule has 0 heterocycles. The molecule has 1 aromatic rings. The van der Waals surface area contributed by atoms with Crippen molar-refractivity contribution in [3.63, 3.8) is 0 Å². The molecule has 0 aliphatic heterocycles. The van der Waals surface area contributed by atoms with Crippen molar-refractivity contribution in [3.8, 4) is 0 Å². The van der Waals surface area contributed by atoms with Crippen molar-refractivity contribution in [2.75, 3.05) is 0 Å². The van der Waals surface area contributed by atoms with E-state index in [0.717, 1.165) is 6.42 Å². The Balaban J connectivity index is 2.25. The fraction of sp³-hybridized carbons (Fsp3) is 0.273. The van der Waals surface area contributed by atoms with E-state index >= 15 is 0 Å². The fourth-order valence-electron chi connectivity index (χ4n) is 1.65. The largest absolute Gasteiger partial charge is 0.392 e. The number of aliphatic hydroxyl groups is 1. The van der Waals surface area contributed by atoms with Crippen molar-refractivity contribution in [2.45, 2.75) is 18.4 Å². The molecule has 0 fully saturated rings. The van der Waals surface area contributed by atoms with Gasteiger partial charge in [-0.2, -0.15) is 0 Å². The van der Waals surface area contributed by atoms with E-state index in [2.05, 4.69) is 18.2 Å². The first-order valence-electron chi connectivity index (χ1n) is 4.27. The highest BCUT2D eigenvalue weighted by Gasteiger charge is 2.20. The smallest absolute Gasteiger partial charge is 0.0677 e. The molecule has 2 rings (SSSR count). The van der Waals surface area contributed by atoms with Crippen molar-refractivity contribution in [2.24, 2.45) is 0 Å². The van der Waals surface area contributed by atoms with E-state index < -0.39 is 0 Å². The van der Waals surface area contributed by atoms with Gasteiger partial charge in [0, 0.05) is 5.92 Å². The zero-order valence-electron chi connectivity index (χ0n) is 6.85. The summed E-state index contributed by atoms with van der Waals surface area (Å²) in [7, 11) is 0. The monoisotopic (exact) mass is 160 g/mol. The first-order valence-corrected chi connectivity index (χ1v) is 4.27. The Morgan fingerprint density at radius 1 is 1.17 bits per heavy atom. The standard InChI is InChI=1S/C11H12O/c12-11-8-4-7-10(11)9-5-2-1-3-6-9/h1-7,10-12H,8H2/t10-,11+/m0/s1. The summed E-state index contributed by atoms with van der Waals surface area (Å²) in [4.78, 5) is 0. The Morgan fingerprint density at radius 3 is 2.50 bits per heavy atom. The molecule has 0 bridgehead atoms. The molecular weight excluding hydrogens is 148 g/mol. The van der Waals surface area contributed by atoms with Gasteiger partial charge in [0.25, 0.3) is 0 Å². The molecular formula is C11H12O. The zero-order chi connectivity index (χ0) is 8.39. The number of aliphatic hydroxyl groups excluding tert-OH is 1. The normalized spacial score (nSPS) is 27.8. The van der Waals surface area contributed by atoms with Crippen LogP contribution in [0.15, 0.2) is 42.5 Å². The molecule has 1 heteroatoms. The molecule has 0 saturated carbocycles. The zero-order valence-corrected chi connectivity index (χ0v) is 6.85. The van der Waals surface area contributed by atoms with E-state index in [1.807, 2.05) is 24.3 Å². The lowest BCUT2D eigenvalue weighted by Gasteiger charge is -2.13. The van der Waals surface area contributed by atoms with Gasteiger partial charge >= 0.3 is 0 Å². The molecule has 2 atom stereocenters. The van der Waals surface area contributed by atoms with Crippen LogP contribution in [0.25, 0.3) is 0 Å². The summed E-state index contributed by atoms with van der Waals surface area (Å²) in [6.45, 7) is 0. The molecule has 1 N–H and O–H groups in total. The number of rotatable bonds is 1. The van der Waals surface area contributed by atoms with E-state index in [0.29, 0.717) is 0 Å². The van der Waals surface area contributed by atoms with Crippen LogP contribution in [0.2, 0.25) is 0 Å².